The minimum atomic E-state index is -0.909. The fourth-order valence-corrected chi connectivity index (χ4v) is 4.32. The van der Waals surface area contributed by atoms with Gasteiger partial charge in [0.15, 0.2) is 0 Å². The number of hydrogen-bond acceptors (Lipinski definition) is 4. The zero-order chi connectivity index (χ0) is 15.4. The summed E-state index contributed by atoms with van der Waals surface area (Å²) in [5.74, 6) is -0.431. The molecule has 0 aliphatic carbocycles. The topological polar surface area (TPSA) is 70.1 Å². The van der Waals surface area contributed by atoms with Crippen molar-refractivity contribution in [3.8, 4) is 0 Å². The van der Waals surface area contributed by atoms with Gasteiger partial charge in [0.05, 0.1) is 11.5 Å². The maximum Gasteiger partial charge on any atom is 0.327 e. The highest BCUT2D eigenvalue weighted by atomic mass is 32.2. The molecule has 0 radical (unpaired) electrons. The summed E-state index contributed by atoms with van der Waals surface area (Å²) in [5, 5.41) is 9.35. The van der Waals surface area contributed by atoms with Crippen LogP contribution in [-0.2, 0) is 9.53 Å². The van der Waals surface area contributed by atoms with Crippen molar-refractivity contribution in [2.75, 3.05) is 25.4 Å². The highest BCUT2D eigenvalue weighted by Gasteiger charge is 2.43. The molecular weight excluding hydrogens is 292 g/mol. The second-order valence-corrected chi connectivity index (χ2v) is 6.81. The van der Waals surface area contributed by atoms with Crippen molar-refractivity contribution in [1.82, 2.24) is 9.80 Å². The van der Waals surface area contributed by atoms with Crippen LogP contribution < -0.4 is 0 Å². The molecule has 0 saturated carbocycles. The third kappa shape index (κ3) is 3.83. The van der Waals surface area contributed by atoms with Gasteiger partial charge in [-0.25, -0.2) is 9.59 Å². The van der Waals surface area contributed by atoms with Gasteiger partial charge in [-0.2, -0.15) is 0 Å². The zero-order valence-electron chi connectivity index (χ0n) is 12.7. The number of carbonyl (C=O) groups excluding carboxylic acids is 1. The quantitative estimate of drug-likeness (QED) is 0.860. The number of thioether (sulfide) groups is 1. The average Bonchev–Trinajstić information content (AvgIpc) is 2.73. The Hall–Kier alpha value is -0.950. The predicted molar refractivity (Wildman–Crippen MR) is 81.4 cm³/mol. The molecule has 0 bridgehead atoms. The van der Waals surface area contributed by atoms with Crippen LogP contribution in [0.4, 0.5) is 4.79 Å². The number of rotatable bonds is 3. The van der Waals surface area contributed by atoms with E-state index < -0.39 is 12.0 Å². The highest BCUT2D eigenvalue weighted by Crippen LogP contribution is 2.33. The van der Waals surface area contributed by atoms with Gasteiger partial charge in [-0.05, 0) is 19.8 Å². The van der Waals surface area contributed by atoms with E-state index in [2.05, 4.69) is 6.92 Å². The summed E-state index contributed by atoms with van der Waals surface area (Å²) >= 11 is 1.58. The molecule has 3 atom stereocenters. The summed E-state index contributed by atoms with van der Waals surface area (Å²) in [6, 6.07) is -0.860. The fourth-order valence-electron chi connectivity index (χ4n) is 2.81. The number of amides is 2. The molecule has 2 aliphatic heterocycles. The molecule has 2 saturated heterocycles. The van der Waals surface area contributed by atoms with E-state index in [4.69, 9.17) is 4.74 Å². The number of ether oxygens (including phenoxy) is 1. The lowest BCUT2D eigenvalue weighted by Gasteiger charge is -2.33. The molecular formula is C14H24N2O4S. The summed E-state index contributed by atoms with van der Waals surface area (Å²) < 4.78 is 5.56. The van der Waals surface area contributed by atoms with Gasteiger partial charge in [0, 0.05) is 25.4 Å². The Bertz CT molecular complexity index is 393. The molecule has 2 heterocycles. The van der Waals surface area contributed by atoms with Crippen molar-refractivity contribution in [3.05, 3.63) is 0 Å². The van der Waals surface area contributed by atoms with Gasteiger partial charge in [0.25, 0.3) is 0 Å². The molecule has 0 aromatic heterocycles. The van der Waals surface area contributed by atoms with Crippen LogP contribution in [-0.4, -0.2) is 69.9 Å². The van der Waals surface area contributed by atoms with Crippen LogP contribution in [0.15, 0.2) is 0 Å². The maximum atomic E-state index is 12.8. The van der Waals surface area contributed by atoms with Crippen molar-refractivity contribution in [2.45, 2.75) is 50.6 Å². The predicted octanol–water partition coefficient (Wildman–Crippen LogP) is 1.85. The van der Waals surface area contributed by atoms with Gasteiger partial charge in [-0.1, -0.05) is 13.3 Å². The molecule has 7 heteroatoms. The number of urea groups is 1. The standard InChI is InChI=1S/C14H24N2O4S/c1-3-5-12-16(11(9-21-12)13(17)18)14(19)15-6-4-7-20-10(2)8-15/h10-12H,3-9H2,1-2H3,(H,17,18). The third-order valence-corrected chi connectivity index (χ3v) is 5.21. The minimum absolute atomic E-state index is 0.000362. The van der Waals surface area contributed by atoms with E-state index in [0.29, 0.717) is 25.4 Å². The number of hydrogen-bond donors (Lipinski definition) is 1. The second kappa shape index (κ2) is 7.35. The van der Waals surface area contributed by atoms with Gasteiger partial charge < -0.3 is 14.7 Å². The Kier molecular flexibility index (Phi) is 5.75. The molecule has 21 heavy (non-hydrogen) atoms. The third-order valence-electron chi connectivity index (χ3n) is 3.86. The first-order valence-electron chi connectivity index (χ1n) is 7.57. The van der Waals surface area contributed by atoms with Gasteiger partial charge in [0.1, 0.15) is 6.04 Å². The Morgan fingerprint density at radius 3 is 2.86 bits per heavy atom. The Balaban J connectivity index is 2.13. The highest BCUT2D eigenvalue weighted by molar-refractivity contribution is 8.00. The fraction of sp³-hybridized carbons (Fsp3) is 0.857. The van der Waals surface area contributed by atoms with E-state index in [1.54, 1.807) is 21.6 Å². The zero-order valence-corrected chi connectivity index (χ0v) is 13.5. The van der Waals surface area contributed by atoms with E-state index in [0.717, 1.165) is 19.3 Å². The number of carboxylic acids is 1. The molecule has 2 amide bonds. The van der Waals surface area contributed by atoms with E-state index >= 15 is 0 Å². The molecule has 1 N–H and O–H groups in total. The number of nitrogens with zero attached hydrogens (tertiary/aromatic N) is 2. The van der Waals surface area contributed by atoms with Crippen LogP contribution in [0, 0.1) is 0 Å². The van der Waals surface area contributed by atoms with Crippen molar-refractivity contribution in [1.29, 1.82) is 0 Å². The van der Waals surface area contributed by atoms with Crippen LogP contribution in [0.5, 0.6) is 0 Å². The molecule has 6 nitrogen and oxygen atoms in total. The van der Waals surface area contributed by atoms with E-state index in [1.807, 2.05) is 6.92 Å². The smallest absolute Gasteiger partial charge is 0.327 e. The van der Waals surface area contributed by atoms with Crippen LogP contribution in [0.3, 0.4) is 0 Å². The SMILES string of the molecule is CCCC1SCC(C(=O)O)N1C(=O)N1CCCOC(C)C1. The van der Waals surface area contributed by atoms with Gasteiger partial charge in [-0.15, -0.1) is 11.8 Å². The lowest BCUT2D eigenvalue weighted by atomic mass is 10.2. The Morgan fingerprint density at radius 2 is 2.19 bits per heavy atom. The maximum absolute atomic E-state index is 12.8. The van der Waals surface area contributed by atoms with Crippen molar-refractivity contribution in [3.63, 3.8) is 0 Å². The van der Waals surface area contributed by atoms with E-state index in [1.165, 1.54) is 0 Å². The molecule has 0 aromatic carbocycles. The molecule has 2 aliphatic rings. The van der Waals surface area contributed by atoms with Crippen LogP contribution in [0.2, 0.25) is 0 Å². The lowest BCUT2D eigenvalue weighted by molar-refractivity contribution is -0.141. The van der Waals surface area contributed by atoms with Gasteiger partial charge >= 0.3 is 12.0 Å². The summed E-state index contributed by atoms with van der Waals surface area (Å²) in [7, 11) is 0. The molecule has 0 aromatic rings. The minimum Gasteiger partial charge on any atom is -0.480 e. The monoisotopic (exact) mass is 316 g/mol. The van der Waals surface area contributed by atoms with Crippen molar-refractivity contribution < 1.29 is 19.4 Å². The normalized spacial score (nSPS) is 30.3. The lowest BCUT2D eigenvalue weighted by Crippen LogP contribution is -2.52. The van der Waals surface area contributed by atoms with Gasteiger partial charge in [0.2, 0.25) is 0 Å². The van der Waals surface area contributed by atoms with Crippen LogP contribution in [0.1, 0.15) is 33.1 Å². The molecule has 2 rings (SSSR count). The number of aliphatic carboxylic acids is 1. The van der Waals surface area contributed by atoms with Crippen LogP contribution >= 0.6 is 11.8 Å². The number of carbonyl (C=O) groups is 2. The average molecular weight is 316 g/mol. The van der Waals surface area contributed by atoms with E-state index in [9.17, 15) is 14.7 Å². The molecule has 0 spiro atoms. The molecule has 3 unspecified atom stereocenters. The van der Waals surface area contributed by atoms with Crippen molar-refractivity contribution in [2.24, 2.45) is 0 Å². The largest absolute Gasteiger partial charge is 0.480 e. The number of carboxylic acid groups (broad SMARTS) is 1. The first-order chi connectivity index (χ1) is 10.0. The molecule has 120 valence electrons. The van der Waals surface area contributed by atoms with E-state index in [-0.39, 0.29) is 17.5 Å². The van der Waals surface area contributed by atoms with Gasteiger partial charge in [-0.3, -0.25) is 4.90 Å². The Labute approximate surface area is 129 Å². The molecule has 2 fully saturated rings. The first kappa shape index (κ1) is 16.4. The summed E-state index contributed by atoms with van der Waals surface area (Å²) in [6.07, 6.45) is 2.57. The van der Waals surface area contributed by atoms with Crippen LogP contribution in [0.25, 0.3) is 0 Å². The van der Waals surface area contributed by atoms with Crippen molar-refractivity contribution >= 4 is 23.8 Å². The first-order valence-corrected chi connectivity index (χ1v) is 8.62. The summed E-state index contributed by atoms with van der Waals surface area (Å²) in [4.78, 5) is 27.6. The second-order valence-electron chi connectivity index (χ2n) is 5.60. The summed E-state index contributed by atoms with van der Waals surface area (Å²) in [6.45, 7) is 5.82. The summed E-state index contributed by atoms with van der Waals surface area (Å²) in [5.41, 5.74) is 0. The Morgan fingerprint density at radius 1 is 1.43 bits per heavy atom.